The molecular formula is C10H13N3O3. The summed E-state index contributed by atoms with van der Waals surface area (Å²) in [5.74, 6) is -0.320. The van der Waals surface area contributed by atoms with E-state index in [1.165, 1.54) is 18.2 Å². The molecule has 5 N–H and O–H groups in total. The van der Waals surface area contributed by atoms with E-state index in [0.717, 1.165) is 0 Å². The molecule has 0 bridgehead atoms. The number of aryl methyl sites for hydroxylation is 1. The predicted octanol–water partition coefficient (Wildman–Crippen LogP) is 0.177. The number of nitrogens with one attached hydrogen (secondary N) is 1. The highest BCUT2D eigenvalue weighted by atomic mass is 16.4. The van der Waals surface area contributed by atoms with E-state index in [-0.39, 0.29) is 24.0 Å². The number of phenols is 1. The lowest BCUT2D eigenvalue weighted by molar-refractivity contribution is 0.0958. The standard InChI is InChI=1S/C10H13N3O3/c1-6-4-7(14)2-3-8(6)10(15)12-5-9(11)13-16/h2-4,14,16H,5H2,1H3,(H2,11,13)(H,12,15). The van der Waals surface area contributed by atoms with Gasteiger partial charge in [-0.3, -0.25) is 4.79 Å². The second-order valence-electron chi connectivity index (χ2n) is 3.27. The number of hydrogen-bond donors (Lipinski definition) is 4. The average Bonchev–Trinajstić information content (AvgIpc) is 2.25. The normalized spacial score (nSPS) is 11.2. The third-order valence-electron chi connectivity index (χ3n) is 2.01. The lowest BCUT2D eigenvalue weighted by Crippen LogP contribution is -2.33. The molecule has 0 saturated heterocycles. The van der Waals surface area contributed by atoms with Gasteiger partial charge in [0.15, 0.2) is 5.84 Å². The van der Waals surface area contributed by atoms with Gasteiger partial charge in [-0.25, -0.2) is 0 Å². The first kappa shape index (κ1) is 11.8. The lowest BCUT2D eigenvalue weighted by atomic mass is 10.1. The molecule has 0 heterocycles. The van der Waals surface area contributed by atoms with Crippen molar-refractivity contribution in [2.24, 2.45) is 10.9 Å². The maximum atomic E-state index is 11.6. The Kier molecular flexibility index (Phi) is 3.71. The zero-order valence-electron chi connectivity index (χ0n) is 8.77. The molecule has 0 spiro atoms. The van der Waals surface area contributed by atoms with Crippen LogP contribution in [0.1, 0.15) is 15.9 Å². The van der Waals surface area contributed by atoms with Crippen molar-refractivity contribution in [2.75, 3.05) is 6.54 Å². The van der Waals surface area contributed by atoms with Crippen LogP contribution in [0.2, 0.25) is 0 Å². The van der Waals surface area contributed by atoms with E-state index in [0.29, 0.717) is 11.1 Å². The summed E-state index contributed by atoms with van der Waals surface area (Å²) in [6, 6.07) is 4.41. The van der Waals surface area contributed by atoms with Crippen LogP contribution in [0.3, 0.4) is 0 Å². The predicted molar refractivity (Wildman–Crippen MR) is 58.6 cm³/mol. The van der Waals surface area contributed by atoms with E-state index >= 15 is 0 Å². The number of aromatic hydroxyl groups is 1. The molecule has 0 atom stereocenters. The molecule has 16 heavy (non-hydrogen) atoms. The Bertz CT molecular complexity index is 429. The van der Waals surface area contributed by atoms with E-state index in [4.69, 9.17) is 10.9 Å². The van der Waals surface area contributed by atoms with Gasteiger partial charge in [0.2, 0.25) is 0 Å². The van der Waals surface area contributed by atoms with E-state index < -0.39 is 0 Å². The number of amides is 1. The summed E-state index contributed by atoms with van der Waals surface area (Å²) in [6.45, 7) is 1.67. The second-order valence-corrected chi connectivity index (χ2v) is 3.27. The second kappa shape index (κ2) is 5.01. The molecule has 6 heteroatoms. The maximum Gasteiger partial charge on any atom is 0.251 e. The minimum absolute atomic E-state index is 0.0321. The van der Waals surface area contributed by atoms with Crippen molar-refractivity contribution < 1.29 is 15.1 Å². The Morgan fingerprint density at radius 2 is 2.25 bits per heavy atom. The van der Waals surface area contributed by atoms with Crippen LogP contribution in [0, 0.1) is 6.92 Å². The van der Waals surface area contributed by atoms with Crippen LogP contribution in [0.15, 0.2) is 23.4 Å². The van der Waals surface area contributed by atoms with Crippen LogP contribution in [0.4, 0.5) is 0 Å². The molecule has 1 amide bonds. The number of rotatable bonds is 3. The van der Waals surface area contributed by atoms with E-state index in [9.17, 15) is 9.90 Å². The average molecular weight is 223 g/mol. The summed E-state index contributed by atoms with van der Waals surface area (Å²) >= 11 is 0. The number of phenolic OH excluding ortho intramolecular Hbond substituents is 1. The van der Waals surface area contributed by atoms with E-state index in [1.807, 2.05) is 0 Å². The Labute approximate surface area is 92.4 Å². The number of carbonyl (C=O) groups excluding carboxylic acids is 1. The van der Waals surface area contributed by atoms with Crippen LogP contribution in [0.25, 0.3) is 0 Å². The Morgan fingerprint density at radius 3 is 2.81 bits per heavy atom. The summed E-state index contributed by atoms with van der Waals surface area (Å²) in [4.78, 5) is 11.6. The van der Waals surface area contributed by atoms with Gasteiger partial charge in [0.25, 0.3) is 5.91 Å². The van der Waals surface area contributed by atoms with Crippen LogP contribution < -0.4 is 11.1 Å². The highest BCUT2D eigenvalue weighted by Gasteiger charge is 2.09. The number of carbonyl (C=O) groups is 1. The van der Waals surface area contributed by atoms with E-state index in [1.54, 1.807) is 6.92 Å². The first-order valence-electron chi connectivity index (χ1n) is 4.59. The van der Waals surface area contributed by atoms with Crippen molar-refractivity contribution in [3.8, 4) is 5.75 Å². The Morgan fingerprint density at radius 1 is 1.56 bits per heavy atom. The van der Waals surface area contributed by atoms with Gasteiger partial charge in [-0.05, 0) is 30.7 Å². The molecule has 86 valence electrons. The Balaban J connectivity index is 2.74. The molecule has 0 unspecified atom stereocenters. The van der Waals surface area contributed by atoms with Crippen molar-refractivity contribution in [1.82, 2.24) is 5.32 Å². The molecular weight excluding hydrogens is 210 g/mol. The number of hydrogen-bond acceptors (Lipinski definition) is 4. The molecule has 1 aromatic carbocycles. The molecule has 0 aromatic heterocycles. The third kappa shape index (κ3) is 2.88. The van der Waals surface area contributed by atoms with Crippen molar-refractivity contribution in [3.05, 3.63) is 29.3 Å². The van der Waals surface area contributed by atoms with Crippen molar-refractivity contribution in [3.63, 3.8) is 0 Å². The van der Waals surface area contributed by atoms with Gasteiger partial charge in [-0.15, -0.1) is 0 Å². The maximum absolute atomic E-state index is 11.6. The zero-order valence-corrected chi connectivity index (χ0v) is 8.77. The third-order valence-corrected chi connectivity index (χ3v) is 2.01. The van der Waals surface area contributed by atoms with E-state index in [2.05, 4.69) is 10.5 Å². The van der Waals surface area contributed by atoms with Gasteiger partial charge >= 0.3 is 0 Å². The molecule has 0 aliphatic heterocycles. The Hall–Kier alpha value is -2.24. The van der Waals surface area contributed by atoms with Crippen molar-refractivity contribution in [2.45, 2.75) is 6.92 Å². The van der Waals surface area contributed by atoms with Gasteiger partial charge in [-0.2, -0.15) is 0 Å². The SMILES string of the molecule is Cc1cc(O)ccc1C(=O)NC/C(N)=N/O. The largest absolute Gasteiger partial charge is 0.508 e. The fraction of sp³-hybridized carbons (Fsp3) is 0.200. The number of benzene rings is 1. The van der Waals surface area contributed by atoms with Gasteiger partial charge in [-0.1, -0.05) is 5.16 Å². The summed E-state index contributed by atoms with van der Waals surface area (Å²) in [5.41, 5.74) is 6.29. The molecule has 6 nitrogen and oxygen atoms in total. The van der Waals surface area contributed by atoms with Gasteiger partial charge in [0, 0.05) is 5.56 Å². The van der Waals surface area contributed by atoms with Crippen LogP contribution in [-0.2, 0) is 0 Å². The number of nitrogens with two attached hydrogens (primary N) is 1. The highest BCUT2D eigenvalue weighted by molar-refractivity contribution is 5.98. The molecule has 0 fully saturated rings. The van der Waals surface area contributed by atoms with Crippen LogP contribution in [-0.4, -0.2) is 28.6 Å². The first-order valence-corrected chi connectivity index (χ1v) is 4.59. The summed E-state index contributed by atoms with van der Waals surface area (Å²) in [5, 5.41) is 22.7. The van der Waals surface area contributed by atoms with Crippen molar-refractivity contribution >= 4 is 11.7 Å². The molecule has 0 saturated carbocycles. The molecule has 0 radical (unpaired) electrons. The quantitative estimate of drug-likeness (QED) is 0.253. The molecule has 1 rings (SSSR count). The fourth-order valence-corrected chi connectivity index (χ4v) is 1.20. The number of nitrogens with zero attached hydrogens (tertiary/aromatic N) is 1. The van der Waals surface area contributed by atoms with Crippen LogP contribution in [0.5, 0.6) is 5.75 Å². The van der Waals surface area contributed by atoms with Crippen molar-refractivity contribution in [1.29, 1.82) is 0 Å². The fourth-order valence-electron chi connectivity index (χ4n) is 1.20. The molecule has 0 aliphatic carbocycles. The van der Waals surface area contributed by atoms with Gasteiger partial charge < -0.3 is 21.4 Å². The topological polar surface area (TPSA) is 108 Å². The molecule has 0 aliphatic rings. The molecule has 1 aromatic rings. The minimum Gasteiger partial charge on any atom is -0.508 e. The van der Waals surface area contributed by atoms with Crippen LogP contribution >= 0.6 is 0 Å². The first-order chi connectivity index (χ1) is 7.54. The summed E-state index contributed by atoms with van der Waals surface area (Å²) in [7, 11) is 0. The summed E-state index contributed by atoms with van der Waals surface area (Å²) < 4.78 is 0. The minimum atomic E-state index is -0.343. The highest BCUT2D eigenvalue weighted by Crippen LogP contribution is 2.15. The number of amidine groups is 1. The number of oxime groups is 1. The van der Waals surface area contributed by atoms with Gasteiger partial charge in [0.1, 0.15) is 5.75 Å². The lowest BCUT2D eigenvalue weighted by Gasteiger charge is -2.07. The van der Waals surface area contributed by atoms with Gasteiger partial charge in [0.05, 0.1) is 6.54 Å². The smallest absolute Gasteiger partial charge is 0.251 e. The monoisotopic (exact) mass is 223 g/mol. The zero-order chi connectivity index (χ0) is 12.1. The summed E-state index contributed by atoms with van der Waals surface area (Å²) in [6.07, 6.45) is 0.